The van der Waals surface area contributed by atoms with Gasteiger partial charge in [0.05, 0.1) is 4.90 Å². The van der Waals surface area contributed by atoms with Crippen LogP contribution in [0.4, 0.5) is 10.5 Å². The Bertz CT molecular complexity index is 917. The number of aromatic nitrogens is 1. The van der Waals surface area contributed by atoms with Crippen LogP contribution in [0.2, 0.25) is 0 Å². The summed E-state index contributed by atoms with van der Waals surface area (Å²) in [7, 11) is -3.59. The maximum Gasteiger partial charge on any atom is 0.319 e. The van der Waals surface area contributed by atoms with Gasteiger partial charge in [0.15, 0.2) is 0 Å². The van der Waals surface area contributed by atoms with Crippen LogP contribution in [0, 0.1) is 11.8 Å². The van der Waals surface area contributed by atoms with Gasteiger partial charge in [-0.25, -0.2) is 17.9 Å². The standard InChI is InChI=1S/C21H28N4O3S/c1-15-5-10-20(16(2)12-15)25-29(27,28)19-8-6-18(7-9-19)24-21(26)23-14-17-4-3-11-22-13-17/h3-4,6-9,11,13,15-16,20,25H,5,10,12,14H2,1-2H3,(H2,23,24,26). The van der Waals surface area contributed by atoms with Crippen molar-refractivity contribution < 1.29 is 13.2 Å². The average Bonchev–Trinajstić information content (AvgIpc) is 2.70. The van der Waals surface area contributed by atoms with Gasteiger partial charge in [0.1, 0.15) is 0 Å². The molecule has 1 aromatic carbocycles. The molecule has 1 fully saturated rings. The largest absolute Gasteiger partial charge is 0.334 e. The van der Waals surface area contributed by atoms with Gasteiger partial charge in [-0.2, -0.15) is 0 Å². The summed E-state index contributed by atoms with van der Waals surface area (Å²) in [6.07, 6.45) is 6.28. The predicted octanol–water partition coefficient (Wildman–Crippen LogP) is 3.51. The lowest BCUT2D eigenvalue weighted by Gasteiger charge is -2.32. The summed E-state index contributed by atoms with van der Waals surface area (Å²) in [6.45, 7) is 4.66. The maximum atomic E-state index is 12.7. The van der Waals surface area contributed by atoms with Crippen LogP contribution in [0.25, 0.3) is 0 Å². The monoisotopic (exact) mass is 416 g/mol. The van der Waals surface area contributed by atoms with Crippen LogP contribution in [-0.4, -0.2) is 25.5 Å². The Morgan fingerprint density at radius 1 is 1.14 bits per heavy atom. The first-order valence-corrected chi connectivity index (χ1v) is 11.4. The molecule has 3 rings (SSSR count). The molecule has 1 saturated carbocycles. The number of urea groups is 1. The van der Waals surface area contributed by atoms with Gasteiger partial charge in [-0.3, -0.25) is 4.98 Å². The van der Waals surface area contributed by atoms with Crippen molar-refractivity contribution in [3.05, 3.63) is 54.4 Å². The lowest BCUT2D eigenvalue weighted by Crippen LogP contribution is -2.42. The molecule has 2 amide bonds. The van der Waals surface area contributed by atoms with E-state index in [1.165, 1.54) is 12.1 Å². The van der Waals surface area contributed by atoms with E-state index in [4.69, 9.17) is 0 Å². The minimum Gasteiger partial charge on any atom is -0.334 e. The number of nitrogens with zero attached hydrogens (tertiary/aromatic N) is 1. The van der Waals surface area contributed by atoms with Gasteiger partial charge in [0.2, 0.25) is 10.0 Å². The fourth-order valence-corrected chi connectivity index (χ4v) is 5.06. The molecule has 3 N–H and O–H groups in total. The van der Waals surface area contributed by atoms with Crippen molar-refractivity contribution in [1.82, 2.24) is 15.0 Å². The highest BCUT2D eigenvalue weighted by Crippen LogP contribution is 2.29. The normalized spacial score (nSPS) is 22.1. The van der Waals surface area contributed by atoms with Crippen LogP contribution >= 0.6 is 0 Å². The van der Waals surface area contributed by atoms with Gasteiger partial charge >= 0.3 is 6.03 Å². The van der Waals surface area contributed by atoms with Gasteiger partial charge in [-0.05, 0) is 67.0 Å². The van der Waals surface area contributed by atoms with Crippen molar-refractivity contribution in [1.29, 1.82) is 0 Å². The molecule has 3 atom stereocenters. The quantitative estimate of drug-likeness (QED) is 0.671. The van der Waals surface area contributed by atoms with E-state index in [1.807, 2.05) is 6.07 Å². The minimum absolute atomic E-state index is 0.0349. The van der Waals surface area contributed by atoms with Crippen LogP contribution in [-0.2, 0) is 16.6 Å². The lowest BCUT2D eigenvalue weighted by molar-refractivity contribution is 0.249. The van der Waals surface area contributed by atoms with Crippen molar-refractivity contribution in [3.63, 3.8) is 0 Å². The van der Waals surface area contributed by atoms with Crippen LogP contribution in [0.15, 0.2) is 53.7 Å². The second kappa shape index (κ2) is 9.37. The van der Waals surface area contributed by atoms with Crippen LogP contribution in [0.1, 0.15) is 38.7 Å². The molecule has 1 aliphatic carbocycles. The third-order valence-electron chi connectivity index (χ3n) is 5.34. The van der Waals surface area contributed by atoms with Gasteiger partial charge in [-0.1, -0.05) is 19.9 Å². The molecular weight excluding hydrogens is 388 g/mol. The van der Waals surface area contributed by atoms with E-state index in [-0.39, 0.29) is 17.0 Å². The Kier molecular flexibility index (Phi) is 6.87. The summed E-state index contributed by atoms with van der Waals surface area (Å²) in [5, 5.41) is 5.43. The lowest BCUT2D eigenvalue weighted by atomic mass is 9.80. The molecule has 3 unspecified atom stereocenters. The first kappa shape index (κ1) is 21.3. The molecule has 0 radical (unpaired) electrons. The Morgan fingerprint density at radius 3 is 2.55 bits per heavy atom. The molecule has 1 aromatic heterocycles. The minimum atomic E-state index is -3.59. The highest BCUT2D eigenvalue weighted by molar-refractivity contribution is 7.89. The van der Waals surface area contributed by atoms with E-state index in [0.717, 1.165) is 24.8 Å². The molecule has 1 aliphatic rings. The molecule has 156 valence electrons. The second-order valence-electron chi connectivity index (χ2n) is 7.82. The first-order valence-electron chi connectivity index (χ1n) is 9.89. The zero-order valence-electron chi connectivity index (χ0n) is 16.8. The summed E-state index contributed by atoms with van der Waals surface area (Å²) in [4.78, 5) is 16.2. The number of sulfonamides is 1. The van der Waals surface area contributed by atoms with Gasteiger partial charge < -0.3 is 10.6 Å². The number of hydrogen-bond donors (Lipinski definition) is 3. The van der Waals surface area contributed by atoms with Crippen molar-refractivity contribution in [2.24, 2.45) is 11.8 Å². The third kappa shape index (κ3) is 6.01. The number of hydrogen-bond acceptors (Lipinski definition) is 4. The molecule has 0 aliphatic heterocycles. The number of carbonyl (C=O) groups is 1. The summed E-state index contributed by atoms with van der Waals surface area (Å²) in [5.41, 5.74) is 1.41. The number of benzene rings is 1. The van der Waals surface area contributed by atoms with Crippen molar-refractivity contribution in [3.8, 4) is 0 Å². The number of anilines is 1. The van der Waals surface area contributed by atoms with E-state index in [9.17, 15) is 13.2 Å². The number of amides is 2. The molecule has 0 spiro atoms. The molecule has 0 saturated heterocycles. The molecule has 0 bridgehead atoms. The van der Waals surface area contributed by atoms with E-state index >= 15 is 0 Å². The topological polar surface area (TPSA) is 100 Å². The zero-order chi connectivity index (χ0) is 20.9. The van der Waals surface area contributed by atoms with Gasteiger partial charge in [-0.15, -0.1) is 0 Å². The zero-order valence-corrected chi connectivity index (χ0v) is 17.6. The van der Waals surface area contributed by atoms with Gasteiger partial charge in [0.25, 0.3) is 0 Å². The van der Waals surface area contributed by atoms with Crippen molar-refractivity contribution in [2.45, 2.75) is 50.6 Å². The summed E-state index contributed by atoms with van der Waals surface area (Å²) >= 11 is 0. The number of carbonyl (C=O) groups excluding carboxylic acids is 1. The van der Waals surface area contributed by atoms with E-state index in [0.29, 0.717) is 24.1 Å². The SMILES string of the molecule is CC1CCC(NS(=O)(=O)c2ccc(NC(=O)NCc3cccnc3)cc2)C(C)C1. The van der Waals surface area contributed by atoms with E-state index in [1.54, 1.807) is 30.6 Å². The van der Waals surface area contributed by atoms with Crippen LogP contribution in [0.5, 0.6) is 0 Å². The second-order valence-corrected chi connectivity index (χ2v) is 9.53. The smallest absolute Gasteiger partial charge is 0.319 e. The van der Waals surface area contributed by atoms with Crippen LogP contribution < -0.4 is 15.4 Å². The van der Waals surface area contributed by atoms with Crippen LogP contribution in [0.3, 0.4) is 0 Å². The maximum absolute atomic E-state index is 12.7. The highest BCUT2D eigenvalue weighted by atomic mass is 32.2. The number of pyridine rings is 1. The Morgan fingerprint density at radius 2 is 1.90 bits per heavy atom. The fraction of sp³-hybridized carbons (Fsp3) is 0.429. The Hall–Kier alpha value is -2.45. The molecule has 8 heteroatoms. The number of rotatable bonds is 6. The van der Waals surface area contributed by atoms with Crippen molar-refractivity contribution >= 4 is 21.7 Å². The predicted molar refractivity (Wildman–Crippen MR) is 113 cm³/mol. The third-order valence-corrected chi connectivity index (χ3v) is 6.84. The Labute approximate surface area is 172 Å². The fourth-order valence-electron chi connectivity index (χ4n) is 3.69. The molecule has 2 aromatic rings. The number of nitrogens with one attached hydrogen (secondary N) is 3. The summed E-state index contributed by atoms with van der Waals surface area (Å²) in [5.74, 6) is 0.957. The summed E-state index contributed by atoms with van der Waals surface area (Å²) in [6, 6.07) is 9.46. The molecule has 29 heavy (non-hydrogen) atoms. The molecule has 1 heterocycles. The Balaban J connectivity index is 1.55. The van der Waals surface area contributed by atoms with Crippen molar-refractivity contribution in [2.75, 3.05) is 5.32 Å². The average molecular weight is 417 g/mol. The van der Waals surface area contributed by atoms with E-state index < -0.39 is 10.0 Å². The molecule has 7 nitrogen and oxygen atoms in total. The summed E-state index contributed by atoms with van der Waals surface area (Å²) < 4.78 is 28.3. The van der Waals surface area contributed by atoms with Gasteiger partial charge in [0, 0.05) is 30.7 Å². The van der Waals surface area contributed by atoms with E-state index in [2.05, 4.69) is 34.2 Å². The molecular formula is C21H28N4O3S. The highest BCUT2D eigenvalue weighted by Gasteiger charge is 2.29. The first-order chi connectivity index (χ1) is 13.8.